The highest BCUT2D eigenvalue weighted by Crippen LogP contribution is 2.39. The summed E-state index contributed by atoms with van der Waals surface area (Å²) in [6.07, 6.45) is 6.14. The standard InChI is InChI=1S/C12H19F2N/c1-12(13,14)11(8-9-15)10-6-4-2-3-5-7-10/h10-11H,2-8H2,1H3. The van der Waals surface area contributed by atoms with E-state index in [0.717, 1.165) is 45.4 Å². The molecule has 86 valence electrons. The lowest BCUT2D eigenvalue weighted by Gasteiger charge is -2.29. The third-order valence-electron chi connectivity index (χ3n) is 3.43. The van der Waals surface area contributed by atoms with Crippen LogP contribution in [0.25, 0.3) is 0 Å². The molecule has 1 nitrogen and oxygen atoms in total. The monoisotopic (exact) mass is 215 g/mol. The van der Waals surface area contributed by atoms with Gasteiger partial charge in [-0.2, -0.15) is 5.26 Å². The molecule has 0 amide bonds. The fraction of sp³-hybridized carbons (Fsp3) is 0.917. The third-order valence-corrected chi connectivity index (χ3v) is 3.43. The average Bonchev–Trinajstić information content (AvgIpc) is 2.40. The summed E-state index contributed by atoms with van der Waals surface area (Å²) >= 11 is 0. The van der Waals surface area contributed by atoms with Crippen molar-refractivity contribution in [1.29, 1.82) is 5.26 Å². The Hall–Kier alpha value is -0.650. The van der Waals surface area contributed by atoms with E-state index in [9.17, 15) is 8.78 Å². The summed E-state index contributed by atoms with van der Waals surface area (Å²) in [7, 11) is 0. The first-order valence-electron chi connectivity index (χ1n) is 5.80. The average molecular weight is 215 g/mol. The van der Waals surface area contributed by atoms with Gasteiger partial charge in [-0.3, -0.25) is 0 Å². The molecular weight excluding hydrogens is 196 g/mol. The molecule has 1 rings (SSSR count). The predicted molar refractivity (Wildman–Crippen MR) is 55.5 cm³/mol. The van der Waals surface area contributed by atoms with E-state index in [2.05, 4.69) is 0 Å². The summed E-state index contributed by atoms with van der Waals surface area (Å²) in [4.78, 5) is 0. The van der Waals surface area contributed by atoms with Crippen LogP contribution >= 0.6 is 0 Å². The van der Waals surface area contributed by atoms with Gasteiger partial charge in [-0.25, -0.2) is 8.78 Å². The van der Waals surface area contributed by atoms with E-state index in [1.165, 1.54) is 0 Å². The van der Waals surface area contributed by atoms with Crippen molar-refractivity contribution in [2.24, 2.45) is 11.8 Å². The van der Waals surface area contributed by atoms with Crippen LogP contribution in [0.4, 0.5) is 8.78 Å². The van der Waals surface area contributed by atoms with E-state index < -0.39 is 11.8 Å². The lowest BCUT2D eigenvalue weighted by atomic mass is 9.80. The zero-order chi connectivity index (χ0) is 11.3. The predicted octanol–water partition coefficient (Wildman–Crippen LogP) is 4.14. The van der Waals surface area contributed by atoms with Crippen molar-refractivity contribution in [2.75, 3.05) is 0 Å². The summed E-state index contributed by atoms with van der Waals surface area (Å²) < 4.78 is 26.7. The molecule has 0 aliphatic heterocycles. The molecule has 0 heterocycles. The van der Waals surface area contributed by atoms with Gasteiger partial charge in [0.1, 0.15) is 0 Å². The highest BCUT2D eigenvalue weighted by Gasteiger charge is 2.39. The molecular formula is C12H19F2N. The third kappa shape index (κ3) is 3.77. The van der Waals surface area contributed by atoms with Crippen molar-refractivity contribution in [3.63, 3.8) is 0 Å². The second kappa shape index (κ2) is 5.44. The second-order valence-corrected chi connectivity index (χ2v) is 4.68. The SMILES string of the molecule is CC(F)(F)C(CC#N)C1CCCCCC1. The summed E-state index contributed by atoms with van der Waals surface area (Å²) in [6.45, 7) is 0.958. The van der Waals surface area contributed by atoms with E-state index in [1.807, 2.05) is 6.07 Å². The van der Waals surface area contributed by atoms with Crippen molar-refractivity contribution in [3.05, 3.63) is 0 Å². The van der Waals surface area contributed by atoms with Crippen LogP contribution in [-0.4, -0.2) is 5.92 Å². The molecule has 0 aromatic rings. The zero-order valence-electron chi connectivity index (χ0n) is 9.31. The van der Waals surface area contributed by atoms with Gasteiger partial charge < -0.3 is 0 Å². The molecule has 1 fully saturated rings. The fourth-order valence-electron chi connectivity index (χ4n) is 2.57. The maximum absolute atomic E-state index is 13.3. The minimum Gasteiger partial charge on any atom is -0.207 e. The Morgan fingerprint density at radius 3 is 2.20 bits per heavy atom. The molecule has 15 heavy (non-hydrogen) atoms. The van der Waals surface area contributed by atoms with Crippen LogP contribution in [0.3, 0.4) is 0 Å². The number of nitrogens with zero attached hydrogens (tertiary/aromatic N) is 1. The molecule has 0 N–H and O–H groups in total. The molecule has 0 radical (unpaired) electrons. The number of hydrogen-bond donors (Lipinski definition) is 0. The van der Waals surface area contributed by atoms with Gasteiger partial charge >= 0.3 is 0 Å². The van der Waals surface area contributed by atoms with Crippen molar-refractivity contribution in [2.45, 2.75) is 57.8 Å². The molecule has 0 bridgehead atoms. The lowest BCUT2D eigenvalue weighted by Crippen LogP contribution is -2.31. The minimum atomic E-state index is -2.70. The van der Waals surface area contributed by atoms with Crippen molar-refractivity contribution in [1.82, 2.24) is 0 Å². The summed E-state index contributed by atoms with van der Waals surface area (Å²) in [5.41, 5.74) is 0. The van der Waals surface area contributed by atoms with Gasteiger partial charge in [-0.05, 0) is 25.7 Å². The molecule has 1 aliphatic rings. The topological polar surface area (TPSA) is 23.8 Å². The Kier molecular flexibility index (Phi) is 4.50. The Bertz CT molecular complexity index is 219. The molecule has 0 saturated heterocycles. The van der Waals surface area contributed by atoms with Crippen molar-refractivity contribution in [3.8, 4) is 6.07 Å². The van der Waals surface area contributed by atoms with Gasteiger partial charge in [0.05, 0.1) is 6.07 Å². The molecule has 1 unspecified atom stereocenters. The molecule has 1 aliphatic carbocycles. The number of hydrogen-bond acceptors (Lipinski definition) is 1. The maximum atomic E-state index is 13.3. The zero-order valence-corrected chi connectivity index (χ0v) is 9.31. The molecule has 0 aromatic heterocycles. The van der Waals surface area contributed by atoms with E-state index in [1.54, 1.807) is 0 Å². The van der Waals surface area contributed by atoms with Gasteiger partial charge in [-0.1, -0.05) is 25.7 Å². The van der Waals surface area contributed by atoms with Crippen LogP contribution in [0.15, 0.2) is 0 Å². The van der Waals surface area contributed by atoms with Crippen LogP contribution in [0.2, 0.25) is 0 Å². The fourth-order valence-corrected chi connectivity index (χ4v) is 2.57. The Morgan fingerprint density at radius 2 is 1.80 bits per heavy atom. The minimum absolute atomic E-state index is 0.00579. The highest BCUT2D eigenvalue weighted by atomic mass is 19.3. The first-order valence-corrected chi connectivity index (χ1v) is 5.80. The molecule has 1 saturated carbocycles. The summed E-state index contributed by atoms with van der Waals surface area (Å²) in [5.74, 6) is -3.39. The second-order valence-electron chi connectivity index (χ2n) is 4.68. The Morgan fingerprint density at radius 1 is 1.27 bits per heavy atom. The van der Waals surface area contributed by atoms with Crippen LogP contribution in [-0.2, 0) is 0 Å². The quantitative estimate of drug-likeness (QED) is 0.649. The van der Waals surface area contributed by atoms with Gasteiger partial charge in [-0.15, -0.1) is 0 Å². The smallest absolute Gasteiger partial charge is 0.207 e. The number of halogens is 2. The number of alkyl halides is 2. The molecule has 0 spiro atoms. The van der Waals surface area contributed by atoms with Crippen LogP contribution in [0.1, 0.15) is 51.9 Å². The molecule has 0 aromatic carbocycles. The maximum Gasteiger partial charge on any atom is 0.249 e. The van der Waals surface area contributed by atoms with Gasteiger partial charge in [0.15, 0.2) is 0 Å². The van der Waals surface area contributed by atoms with Gasteiger partial charge in [0, 0.05) is 12.3 Å². The summed E-state index contributed by atoms with van der Waals surface area (Å²) in [5, 5.41) is 8.62. The van der Waals surface area contributed by atoms with E-state index in [-0.39, 0.29) is 12.3 Å². The van der Waals surface area contributed by atoms with Gasteiger partial charge in [0.25, 0.3) is 0 Å². The molecule has 3 heteroatoms. The highest BCUT2D eigenvalue weighted by molar-refractivity contribution is 4.88. The summed E-state index contributed by atoms with van der Waals surface area (Å²) in [6, 6.07) is 1.91. The van der Waals surface area contributed by atoms with E-state index in [4.69, 9.17) is 5.26 Å². The van der Waals surface area contributed by atoms with Crippen LogP contribution in [0, 0.1) is 23.2 Å². The first-order chi connectivity index (χ1) is 7.05. The van der Waals surface area contributed by atoms with Crippen molar-refractivity contribution < 1.29 is 8.78 Å². The van der Waals surface area contributed by atoms with Crippen molar-refractivity contribution >= 4 is 0 Å². The van der Waals surface area contributed by atoms with E-state index >= 15 is 0 Å². The molecule has 1 atom stereocenters. The first kappa shape index (κ1) is 12.4. The Labute approximate surface area is 90.5 Å². The largest absolute Gasteiger partial charge is 0.249 e. The van der Waals surface area contributed by atoms with Crippen LogP contribution in [0.5, 0.6) is 0 Å². The lowest BCUT2D eigenvalue weighted by molar-refractivity contribution is -0.0638. The normalized spacial score (nSPS) is 21.7. The van der Waals surface area contributed by atoms with Gasteiger partial charge in [0.2, 0.25) is 5.92 Å². The Balaban J connectivity index is 2.65. The van der Waals surface area contributed by atoms with E-state index in [0.29, 0.717) is 0 Å². The van der Waals surface area contributed by atoms with Crippen LogP contribution < -0.4 is 0 Å². The number of nitriles is 1. The number of rotatable bonds is 3.